The Hall–Kier alpha value is -3.35. The van der Waals surface area contributed by atoms with Crippen LogP contribution in [0.2, 0.25) is 0 Å². The average Bonchev–Trinajstić information content (AvgIpc) is 3.07. The fourth-order valence-electron chi connectivity index (χ4n) is 4.14. The maximum absolute atomic E-state index is 13.5. The van der Waals surface area contributed by atoms with Crippen LogP contribution >= 0.6 is 0 Å². The summed E-state index contributed by atoms with van der Waals surface area (Å²) < 4.78 is 5.21. The summed E-state index contributed by atoms with van der Waals surface area (Å²) in [7, 11) is 1.55. The van der Waals surface area contributed by atoms with Crippen LogP contribution in [0.1, 0.15) is 30.1 Å². The zero-order valence-corrected chi connectivity index (χ0v) is 15.8. The van der Waals surface area contributed by atoms with Crippen molar-refractivity contribution in [3.63, 3.8) is 0 Å². The first kappa shape index (κ1) is 18.0. The van der Waals surface area contributed by atoms with Crippen LogP contribution in [0.3, 0.4) is 0 Å². The maximum Gasteiger partial charge on any atom is 0.271 e. The van der Waals surface area contributed by atoms with Gasteiger partial charge >= 0.3 is 0 Å². The van der Waals surface area contributed by atoms with Gasteiger partial charge in [0.2, 0.25) is 11.6 Å². The molecule has 1 atom stereocenters. The predicted molar refractivity (Wildman–Crippen MR) is 104 cm³/mol. The molecule has 2 heterocycles. The number of hydrogen-bond acceptors (Lipinski definition) is 4. The molecule has 0 aromatic heterocycles. The monoisotopic (exact) mass is 379 g/mol. The highest BCUT2D eigenvalue weighted by Crippen LogP contribution is 2.44. The van der Waals surface area contributed by atoms with Gasteiger partial charge in [0.15, 0.2) is 0 Å². The minimum Gasteiger partial charge on any atom is -0.497 e. The number of ether oxygens (including phenoxy) is 1. The molecule has 2 aromatic rings. The summed E-state index contributed by atoms with van der Waals surface area (Å²) in [6.45, 7) is 2.12. The average molecular weight is 379 g/mol. The van der Waals surface area contributed by atoms with Crippen molar-refractivity contribution >= 4 is 29.1 Å². The first-order chi connectivity index (χ1) is 13.5. The van der Waals surface area contributed by atoms with Crippen molar-refractivity contribution < 1.29 is 19.1 Å². The minimum atomic E-state index is -1.37. The van der Waals surface area contributed by atoms with E-state index in [1.165, 1.54) is 9.80 Å². The van der Waals surface area contributed by atoms with Crippen LogP contribution < -0.4 is 15.0 Å². The molecule has 4 rings (SSSR count). The molecule has 28 heavy (non-hydrogen) atoms. The van der Waals surface area contributed by atoms with Gasteiger partial charge in [-0.3, -0.25) is 19.3 Å². The number of nitrogens with zero attached hydrogens (tertiary/aromatic N) is 2. The first-order valence-electron chi connectivity index (χ1n) is 9.22. The lowest BCUT2D eigenvalue weighted by Gasteiger charge is -2.48. The number of methoxy groups -OCH3 is 1. The number of hydrogen-bond donors (Lipinski definition) is 1. The number of benzene rings is 2. The Morgan fingerprint density at radius 1 is 1.18 bits per heavy atom. The SMILES string of the molecule is CCN1C(=O)c2ccccc2N2C(=O)CC[C@]12C(=O)Nc1cccc(OC)c1. The second-order valence-corrected chi connectivity index (χ2v) is 6.80. The lowest BCUT2D eigenvalue weighted by atomic mass is 9.95. The molecule has 0 saturated carbocycles. The summed E-state index contributed by atoms with van der Waals surface area (Å²) in [5, 5.41) is 2.88. The van der Waals surface area contributed by atoms with E-state index in [1.54, 1.807) is 55.6 Å². The van der Waals surface area contributed by atoms with E-state index in [1.807, 2.05) is 6.92 Å². The van der Waals surface area contributed by atoms with Crippen molar-refractivity contribution in [1.29, 1.82) is 0 Å². The Kier molecular flexibility index (Phi) is 4.30. The number of anilines is 2. The van der Waals surface area contributed by atoms with Crippen LogP contribution in [0.4, 0.5) is 11.4 Å². The van der Waals surface area contributed by atoms with E-state index in [0.717, 1.165) is 0 Å². The molecule has 144 valence electrons. The number of nitrogens with one attached hydrogen (secondary N) is 1. The van der Waals surface area contributed by atoms with E-state index in [4.69, 9.17) is 4.74 Å². The molecule has 0 bridgehead atoms. The van der Waals surface area contributed by atoms with Gasteiger partial charge in [-0.1, -0.05) is 18.2 Å². The lowest BCUT2D eigenvalue weighted by molar-refractivity contribution is -0.128. The summed E-state index contributed by atoms with van der Waals surface area (Å²) in [6.07, 6.45) is 0.444. The summed E-state index contributed by atoms with van der Waals surface area (Å²) >= 11 is 0. The Bertz CT molecular complexity index is 974. The third-order valence-electron chi connectivity index (χ3n) is 5.38. The molecule has 7 heteroatoms. The molecule has 0 aliphatic carbocycles. The molecule has 1 saturated heterocycles. The van der Waals surface area contributed by atoms with E-state index in [2.05, 4.69) is 5.32 Å². The minimum absolute atomic E-state index is 0.167. The third-order valence-corrected chi connectivity index (χ3v) is 5.38. The number of rotatable bonds is 4. The van der Waals surface area contributed by atoms with Crippen LogP contribution in [0.5, 0.6) is 5.75 Å². The topological polar surface area (TPSA) is 79.0 Å². The van der Waals surface area contributed by atoms with Gasteiger partial charge in [-0.05, 0) is 31.2 Å². The molecule has 7 nitrogen and oxygen atoms in total. The van der Waals surface area contributed by atoms with Gasteiger partial charge < -0.3 is 15.0 Å². The van der Waals surface area contributed by atoms with Crippen molar-refractivity contribution in [2.45, 2.75) is 25.4 Å². The van der Waals surface area contributed by atoms with E-state index < -0.39 is 11.6 Å². The normalized spacial score (nSPS) is 20.6. The third kappa shape index (κ3) is 2.46. The molecule has 2 aromatic carbocycles. The highest BCUT2D eigenvalue weighted by Gasteiger charge is 2.60. The van der Waals surface area contributed by atoms with E-state index >= 15 is 0 Å². The summed E-state index contributed by atoms with van der Waals surface area (Å²) in [4.78, 5) is 42.4. The van der Waals surface area contributed by atoms with Crippen molar-refractivity contribution in [3.8, 4) is 5.75 Å². The van der Waals surface area contributed by atoms with E-state index in [0.29, 0.717) is 29.2 Å². The zero-order chi connectivity index (χ0) is 19.9. The molecular formula is C21H21N3O4. The lowest BCUT2D eigenvalue weighted by Crippen LogP contribution is -2.69. The largest absolute Gasteiger partial charge is 0.497 e. The Labute approximate surface area is 162 Å². The van der Waals surface area contributed by atoms with Gasteiger partial charge in [0.1, 0.15) is 5.75 Å². The van der Waals surface area contributed by atoms with Crippen molar-refractivity contribution in [2.24, 2.45) is 0 Å². The van der Waals surface area contributed by atoms with E-state index in [-0.39, 0.29) is 24.7 Å². The highest BCUT2D eigenvalue weighted by atomic mass is 16.5. The number of likely N-dealkylation sites (N-methyl/N-ethyl adjacent to an activating group) is 1. The van der Waals surface area contributed by atoms with Crippen LogP contribution in [0.15, 0.2) is 48.5 Å². The van der Waals surface area contributed by atoms with Gasteiger partial charge in [0.05, 0.1) is 18.4 Å². The molecule has 1 N–H and O–H groups in total. The molecule has 3 amide bonds. The van der Waals surface area contributed by atoms with Crippen LogP contribution in [-0.4, -0.2) is 41.9 Å². The molecule has 2 aliphatic rings. The van der Waals surface area contributed by atoms with Crippen LogP contribution in [-0.2, 0) is 9.59 Å². The molecule has 2 aliphatic heterocycles. The molecule has 1 fully saturated rings. The van der Waals surface area contributed by atoms with Crippen LogP contribution in [0.25, 0.3) is 0 Å². The summed E-state index contributed by atoms with van der Waals surface area (Å²) in [5.74, 6) is -0.215. The molecule has 0 radical (unpaired) electrons. The Morgan fingerprint density at radius 2 is 1.96 bits per heavy atom. The molecule has 0 spiro atoms. The fourth-order valence-corrected chi connectivity index (χ4v) is 4.14. The van der Waals surface area contributed by atoms with Gasteiger partial charge in [-0.15, -0.1) is 0 Å². The predicted octanol–water partition coefficient (Wildman–Crippen LogP) is 2.63. The highest BCUT2D eigenvalue weighted by molar-refractivity contribution is 6.18. The zero-order valence-electron chi connectivity index (χ0n) is 15.8. The van der Waals surface area contributed by atoms with Gasteiger partial charge in [-0.25, -0.2) is 0 Å². The Morgan fingerprint density at radius 3 is 2.71 bits per heavy atom. The number of carbonyl (C=O) groups is 3. The number of fused-ring (bicyclic) bond motifs is 3. The van der Waals surface area contributed by atoms with Crippen molar-refractivity contribution in [3.05, 3.63) is 54.1 Å². The summed E-state index contributed by atoms with van der Waals surface area (Å²) in [6, 6.07) is 13.9. The van der Waals surface area contributed by atoms with Crippen molar-refractivity contribution in [1.82, 2.24) is 4.90 Å². The summed E-state index contributed by atoms with van der Waals surface area (Å²) in [5.41, 5.74) is 0.0886. The molecular weight excluding hydrogens is 358 g/mol. The quantitative estimate of drug-likeness (QED) is 0.886. The number of carbonyl (C=O) groups excluding carboxylic acids is 3. The standard InChI is InChI=1S/C21H21N3O4/c1-3-23-19(26)16-9-4-5-10-17(16)24-18(25)11-12-21(23,24)20(27)22-14-7-6-8-15(13-14)28-2/h4-10,13H,3,11-12H2,1-2H3,(H,22,27)/t21-/m0/s1. The van der Waals surface area contributed by atoms with E-state index in [9.17, 15) is 14.4 Å². The second kappa shape index (κ2) is 6.67. The van der Waals surface area contributed by atoms with Gasteiger partial charge in [0, 0.05) is 31.1 Å². The van der Waals surface area contributed by atoms with Gasteiger partial charge in [0.25, 0.3) is 11.8 Å². The number of amides is 3. The smallest absolute Gasteiger partial charge is 0.271 e. The van der Waals surface area contributed by atoms with Gasteiger partial charge in [-0.2, -0.15) is 0 Å². The fraction of sp³-hybridized carbons (Fsp3) is 0.286. The maximum atomic E-state index is 13.5. The number of para-hydroxylation sites is 1. The van der Waals surface area contributed by atoms with Crippen molar-refractivity contribution in [2.75, 3.05) is 23.9 Å². The Balaban J connectivity index is 1.81. The second-order valence-electron chi connectivity index (χ2n) is 6.80. The molecule has 0 unspecified atom stereocenters. The first-order valence-corrected chi connectivity index (χ1v) is 9.22. The van der Waals surface area contributed by atoms with Crippen LogP contribution in [0, 0.1) is 0 Å².